The van der Waals surface area contributed by atoms with Gasteiger partial charge in [-0.15, -0.1) is 20.3 Å². The zero-order chi connectivity index (χ0) is 31.1. The van der Waals surface area contributed by atoms with Crippen molar-refractivity contribution in [2.24, 2.45) is 0 Å². The molecule has 0 amide bonds. The Hall–Kier alpha value is -5.14. The molecule has 44 heavy (non-hydrogen) atoms. The Balaban J connectivity index is 1.31. The topological polar surface area (TPSA) is 160 Å². The standard InChI is InChI=1S/C30H28ClN7O6/c1-2-3-8-27-32-28(31)26(18-39)36(27)17-20-9-13-22(14-10-20)24-6-4-5-7-25(24)29-33-35-37(34-29)30(40)44-23-15-11-21(12-16-23)19-43-38(41)42/h4-7,9-16,39H,2-3,8,17-19H2,1H3. The Labute approximate surface area is 256 Å². The number of hydrogen-bond acceptors (Lipinski definition) is 10. The summed E-state index contributed by atoms with van der Waals surface area (Å²) in [6, 6.07) is 21.5. The van der Waals surface area contributed by atoms with Gasteiger partial charge in [0.1, 0.15) is 18.2 Å². The maximum atomic E-state index is 12.7. The summed E-state index contributed by atoms with van der Waals surface area (Å²) >= 11 is 6.30. The van der Waals surface area contributed by atoms with Gasteiger partial charge in [-0.3, -0.25) is 0 Å². The van der Waals surface area contributed by atoms with Gasteiger partial charge < -0.3 is 19.2 Å². The van der Waals surface area contributed by atoms with Crippen molar-refractivity contribution >= 4 is 17.7 Å². The van der Waals surface area contributed by atoms with E-state index in [-0.39, 0.29) is 24.8 Å². The van der Waals surface area contributed by atoms with Gasteiger partial charge in [-0.05, 0) is 46.0 Å². The first-order valence-corrected chi connectivity index (χ1v) is 14.2. The molecule has 226 valence electrons. The van der Waals surface area contributed by atoms with Crippen molar-refractivity contribution in [3.05, 3.63) is 111 Å². The fourth-order valence-electron chi connectivity index (χ4n) is 4.59. The van der Waals surface area contributed by atoms with Gasteiger partial charge in [-0.25, -0.2) is 9.78 Å². The maximum absolute atomic E-state index is 12.7. The van der Waals surface area contributed by atoms with Crippen molar-refractivity contribution in [3.8, 4) is 28.3 Å². The number of carbonyl (C=O) groups excluding carboxylic acids is 1. The average molecular weight is 618 g/mol. The van der Waals surface area contributed by atoms with Crippen molar-refractivity contribution in [3.63, 3.8) is 0 Å². The fraction of sp³-hybridized carbons (Fsp3) is 0.233. The van der Waals surface area contributed by atoms with E-state index in [1.165, 1.54) is 24.3 Å². The molecule has 1 N–H and O–H groups in total. The van der Waals surface area contributed by atoms with Crippen molar-refractivity contribution < 1.29 is 24.6 Å². The molecule has 2 heterocycles. The highest BCUT2D eigenvalue weighted by atomic mass is 35.5. The number of carbonyl (C=O) groups is 1. The number of aliphatic hydroxyl groups excluding tert-OH is 1. The number of unbranched alkanes of at least 4 members (excludes halogenated alkanes) is 1. The Morgan fingerprint density at radius 2 is 1.73 bits per heavy atom. The Morgan fingerprint density at radius 1 is 1.02 bits per heavy atom. The molecule has 2 aromatic heterocycles. The van der Waals surface area contributed by atoms with E-state index in [2.05, 4.69) is 32.2 Å². The van der Waals surface area contributed by atoms with Crippen LogP contribution in [0.4, 0.5) is 4.79 Å². The minimum Gasteiger partial charge on any atom is -0.408 e. The molecule has 0 aliphatic rings. The monoisotopic (exact) mass is 617 g/mol. The molecule has 0 atom stereocenters. The third kappa shape index (κ3) is 7.07. The summed E-state index contributed by atoms with van der Waals surface area (Å²) in [7, 11) is 0. The van der Waals surface area contributed by atoms with E-state index in [4.69, 9.17) is 16.3 Å². The summed E-state index contributed by atoms with van der Waals surface area (Å²) in [5.74, 6) is 1.28. The highest BCUT2D eigenvalue weighted by molar-refractivity contribution is 6.30. The van der Waals surface area contributed by atoms with Gasteiger partial charge in [0.2, 0.25) is 5.82 Å². The summed E-state index contributed by atoms with van der Waals surface area (Å²) < 4.78 is 7.28. The zero-order valence-electron chi connectivity index (χ0n) is 23.7. The Morgan fingerprint density at radius 3 is 2.41 bits per heavy atom. The van der Waals surface area contributed by atoms with Crippen LogP contribution in [0, 0.1) is 10.1 Å². The van der Waals surface area contributed by atoms with Gasteiger partial charge in [0, 0.05) is 18.5 Å². The van der Waals surface area contributed by atoms with Crippen LogP contribution in [0.15, 0.2) is 72.8 Å². The first-order valence-electron chi connectivity index (χ1n) is 13.8. The normalized spacial score (nSPS) is 11.0. The van der Waals surface area contributed by atoms with Crippen molar-refractivity contribution in [1.29, 1.82) is 0 Å². The number of rotatable bonds is 12. The highest BCUT2D eigenvalue weighted by Crippen LogP contribution is 2.30. The van der Waals surface area contributed by atoms with Crippen LogP contribution in [0.2, 0.25) is 5.15 Å². The van der Waals surface area contributed by atoms with Crippen LogP contribution in [0.5, 0.6) is 5.75 Å². The van der Waals surface area contributed by atoms with Crippen LogP contribution in [-0.4, -0.2) is 46.0 Å². The van der Waals surface area contributed by atoms with Crippen LogP contribution < -0.4 is 4.74 Å². The van der Waals surface area contributed by atoms with E-state index in [0.29, 0.717) is 28.5 Å². The lowest BCUT2D eigenvalue weighted by molar-refractivity contribution is -0.763. The molecule has 3 aromatic carbocycles. The lowest BCUT2D eigenvalue weighted by atomic mass is 9.98. The number of nitrogens with zero attached hydrogens (tertiary/aromatic N) is 7. The summed E-state index contributed by atoms with van der Waals surface area (Å²) in [5.41, 5.74) is 4.55. The van der Waals surface area contributed by atoms with Gasteiger partial charge in [-0.1, -0.05) is 90.4 Å². The Kier molecular flexibility index (Phi) is 9.57. The van der Waals surface area contributed by atoms with Gasteiger partial charge >= 0.3 is 6.09 Å². The molecule has 0 spiro atoms. The number of hydrogen-bond donors (Lipinski definition) is 1. The summed E-state index contributed by atoms with van der Waals surface area (Å²) in [5, 5.41) is 31.9. The second-order valence-electron chi connectivity index (χ2n) is 9.77. The van der Waals surface area contributed by atoms with E-state index in [1.54, 1.807) is 0 Å². The lowest BCUT2D eigenvalue weighted by Gasteiger charge is -2.12. The SMILES string of the molecule is CCCCc1nc(Cl)c(CO)n1Cc1ccc(-c2ccccc2-c2nnn(C(=O)Oc3ccc(CO[N+](=O)[O-])cc3)n2)cc1. The van der Waals surface area contributed by atoms with Gasteiger partial charge in [0.25, 0.3) is 5.09 Å². The zero-order valence-corrected chi connectivity index (χ0v) is 24.4. The molecule has 5 rings (SSSR count). The minimum absolute atomic E-state index is 0.195. The van der Waals surface area contributed by atoms with Crippen LogP contribution in [0.3, 0.4) is 0 Å². The molecule has 0 fully saturated rings. The van der Waals surface area contributed by atoms with Crippen molar-refractivity contribution in [2.75, 3.05) is 0 Å². The molecule has 0 radical (unpaired) electrons. The molecule has 5 aromatic rings. The number of aryl methyl sites for hydroxylation is 1. The van der Waals surface area contributed by atoms with Crippen LogP contribution in [-0.2, 0) is 31.0 Å². The molecule has 0 saturated heterocycles. The van der Waals surface area contributed by atoms with Crippen LogP contribution in [0.1, 0.15) is 42.4 Å². The number of aliphatic hydroxyl groups is 1. The summed E-state index contributed by atoms with van der Waals surface area (Å²) in [6.07, 6.45) is 1.90. The average Bonchev–Trinajstić information content (AvgIpc) is 3.64. The molecule has 13 nitrogen and oxygen atoms in total. The number of benzene rings is 3. The number of aromatic nitrogens is 6. The Bertz CT molecular complexity index is 1750. The lowest BCUT2D eigenvalue weighted by Crippen LogP contribution is -2.19. The molecule has 0 saturated carbocycles. The third-order valence-electron chi connectivity index (χ3n) is 6.82. The second-order valence-corrected chi connectivity index (χ2v) is 10.1. The predicted molar refractivity (Wildman–Crippen MR) is 159 cm³/mol. The fourth-order valence-corrected chi connectivity index (χ4v) is 4.85. The van der Waals surface area contributed by atoms with E-state index in [9.17, 15) is 20.0 Å². The molecule has 0 aliphatic heterocycles. The minimum atomic E-state index is -0.882. The van der Waals surface area contributed by atoms with E-state index in [0.717, 1.165) is 46.6 Å². The largest absolute Gasteiger partial charge is 0.459 e. The van der Waals surface area contributed by atoms with Gasteiger partial charge in [0.05, 0.1) is 12.3 Å². The molecule has 0 aliphatic carbocycles. The molecular weight excluding hydrogens is 590 g/mol. The predicted octanol–water partition coefficient (Wildman–Crippen LogP) is 5.50. The maximum Gasteiger partial charge on any atom is 0.459 e. The summed E-state index contributed by atoms with van der Waals surface area (Å²) in [6.45, 7) is 2.21. The molecule has 0 unspecified atom stereocenters. The van der Waals surface area contributed by atoms with Crippen LogP contribution in [0.25, 0.3) is 22.5 Å². The van der Waals surface area contributed by atoms with Crippen molar-refractivity contribution in [1.82, 2.24) is 29.8 Å². The van der Waals surface area contributed by atoms with E-state index >= 15 is 0 Å². The van der Waals surface area contributed by atoms with Gasteiger partial charge in [0.15, 0.2) is 5.15 Å². The first-order chi connectivity index (χ1) is 21.4. The molecule has 0 bridgehead atoms. The second kappa shape index (κ2) is 13.9. The quantitative estimate of drug-likeness (QED) is 0.140. The number of tetrazole rings is 1. The number of ether oxygens (including phenoxy) is 1. The first kappa shape index (κ1) is 30.3. The summed E-state index contributed by atoms with van der Waals surface area (Å²) in [4.78, 5) is 32.6. The van der Waals surface area contributed by atoms with Crippen molar-refractivity contribution in [2.45, 2.75) is 45.9 Å². The van der Waals surface area contributed by atoms with Crippen LogP contribution >= 0.6 is 11.6 Å². The van der Waals surface area contributed by atoms with E-state index < -0.39 is 11.2 Å². The molecular formula is C30H28ClN7O6. The van der Waals surface area contributed by atoms with E-state index in [1.807, 2.05) is 53.1 Å². The third-order valence-corrected chi connectivity index (χ3v) is 7.12. The molecule has 14 heteroatoms. The van der Waals surface area contributed by atoms with Gasteiger partial charge in [-0.2, -0.15) is 0 Å². The number of halogens is 1. The highest BCUT2D eigenvalue weighted by Gasteiger charge is 2.18. The number of imidazole rings is 1. The smallest absolute Gasteiger partial charge is 0.408 e.